The Kier molecular flexibility index (Phi) is 1.84. The fourth-order valence-electron chi connectivity index (χ4n) is 1.61. The van der Waals surface area contributed by atoms with Crippen molar-refractivity contribution < 1.29 is 0 Å². The second-order valence-corrected chi connectivity index (χ2v) is 3.47. The van der Waals surface area contributed by atoms with Crippen LogP contribution in [0.1, 0.15) is 24.4 Å². The van der Waals surface area contributed by atoms with Gasteiger partial charge in [-0.2, -0.15) is 0 Å². The van der Waals surface area contributed by atoms with Crippen molar-refractivity contribution in [1.82, 2.24) is 9.55 Å². The largest absolute Gasteiger partial charge is 0.388 e. The highest BCUT2D eigenvalue weighted by Crippen LogP contribution is 2.15. The lowest BCUT2D eigenvalue weighted by atomic mass is 10.2. The van der Waals surface area contributed by atoms with Gasteiger partial charge in [0.25, 0.3) is 0 Å². The Bertz CT molecular complexity index is 316. The standard InChI is InChI=1S/C8H11N3S/c9-8(12)6-5-10-7-3-1-2-4-11(6)7/h5H,1-4H2,(H2,9,12). The van der Waals surface area contributed by atoms with Crippen LogP contribution in [-0.4, -0.2) is 14.5 Å². The van der Waals surface area contributed by atoms with Gasteiger partial charge >= 0.3 is 0 Å². The van der Waals surface area contributed by atoms with Gasteiger partial charge in [-0.1, -0.05) is 12.2 Å². The predicted octanol–water partition coefficient (Wildman–Crippen LogP) is 0.854. The number of fused-ring (bicyclic) bond motifs is 1. The van der Waals surface area contributed by atoms with Gasteiger partial charge in [-0.25, -0.2) is 4.98 Å². The SMILES string of the molecule is NC(=S)c1cnc2n1CCCC2. The number of nitrogens with zero attached hydrogens (tertiary/aromatic N) is 2. The third-order valence-electron chi connectivity index (χ3n) is 2.22. The third kappa shape index (κ3) is 1.12. The summed E-state index contributed by atoms with van der Waals surface area (Å²) < 4.78 is 2.13. The molecule has 0 saturated heterocycles. The molecule has 2 heterocycles. The van der Waals surface area contributed by atoms with Gasteiger partial charge in [0.15, 0.2) is 0 Å². The molecule has 0 atom stereocenters. The monoisotopic (exact) mass is 181 g/mol. The lowest BCUT2D eigenvalue weighted by molar-refractivity contribution is 0.520. The zero-order chi connectivity index (χ0) is 8.55. The van der Waals surface area contributed by atoms with Crippen molar-refractivity contribution in [1.29, 1.82) is 0 Å². The van der Waals surface area contributed by atoms with Crippen LogP contribution in [0.25, 0.3) is 0 Å². The summed E-state index contributed by atoms with van der Waals surface area (Å²) in [7, 11) is 0. The number of rotatable bonds is 1. The average Bonchev–Trinajstić information content (AvgIpc) is 2.47. The number of hydrogen-bond donors (Lipinski definition) is 1. The van der Waals surface area contributed by atoms with E-state index in [1.165, 1.54) is 12.8 Å². The molecule has 0 fully saturated rings. The van der Waals surface area contributed by atoms with Crippen LogP contribution >= 0.6 is 12.2 Å². The van der Waals surface area contributed by atoms with Crippen LogP contribution in [0, 0.1) is 0 Å². The second kappa shape index (κ2) is 2.86. The summed E-state index contributed by atoms with van der Waals surface area (Å²) in [6.07, 6.45) is 5.28. The molecule has 0 amide bonds. The fraction of sp³-hybridized carbons (Fsp3) is 0.500. The van der Waals surface area contributed by atoms with Crippen LogP contribution < -0.4 is 5.73 Å². The number of thiocarbonyl (C=S) groups is 1. The molecule has 1 aliphatic rings. The fourth-order valence-corrected chi connectivity index (χ4v) is 1.78. The summed E-state index contributed by atoms with van der Waals surface area (Å²) in [5.74, 6) is 1.13. The van der Waals surface area contributed by atoms with Gasteiger partial charge < -0.3 is 10.3 Å². The van der Waals surface area contributed by atoms with Gasteiger partial charge in [0, 0.05) is 13.0 Å². The molecule has 1 aromatic heterocycles. The van der Waals surface area contributed by atoms with Gasteiger partial charge in [-0.15, -0.1) is 0 Å². The summed E-state index contributed by atoms with van der Waals surface area (Å²) in [6.45, 7) is 1.02. The maximum atomic E-state index is 5.55. The van der Waals surface area contributed by atoms with Crippen molar-refractivity contribution in [2.75, 3.05) is 0 Å². The van der Waals surface area contributed by atoms with Crippen LogP contribution in [0.4, 0.5) is 0 Å². The van der Waals surface area contributed by atoms with Gasteiger partial charge in [0.05, 0.1) is 11.9 Å². The van der Waals surface area contributed by atoms with E-state index in [0.29, 0.717) is 4.99 Å². The smallest absolute Gasteiger partial charge is 0.122 e. The Labute approximate surface area is 76.6 Å². The lowest BCUT2D eigenvalue weighted by Gasteiger charge is -2.15. The molecule has 0 radical (unpaired) electrons. The zero-order valence-electron chi connectivity index (χ0n) is 6.79. The van der Waals surface area contributed by atoms with Gasteiger partial charge in [-0.05, 0) is 12.8 Å². The molecule has 0 bridgehead atoms. The molecule has 0 spiro atoms. The first kappa shape index (κ1) is 7.73. The number of aryl methyl sites for hydroxylation is 1. The minimum atomic E-state index is 0.454. The molecule has 1 aromatic rings. The maximum absolute atomic E-state index is 5.55. The first-order valence-electron chi connectivity index (χ1n) is 4.13. The minimum absolute atomic E-state index is 0.454. The molecule has 0 unspecified atom stereocenters. The van der Waals surface area contributed by atoms with Crippen molar-refractivity contribution in [3.8, 4) is 0 Å². The van der Waals surface area contributed by atoms with E-state index in [2.05, 4.69) is 9.55 Å². The maximum Gasteiger partial charge on any atom is 0.122 e. The Morgan fingerprint density at radius 2 is 2.42 bits per heavy atom. The number of nitrogens with two attached hydrogens (primary N) is 1. The predicted molar refractivity (Wildman–Crippen MR) is 51.1 cm³/mol. The molecule has 64 valence electrons. The molecular weight excluding hydrogens is 170 g/mol. The average molecular weight is 181 g/mol. The van der Waals surface area contributed by atoms with E-state index in [1.807, 2.05) is 0 Å². The second-order valence-electron chi connectivity index (χ2n) is 3.03. The highest BCUT2D eigenvalue weighted by molar-refractivity contribution is 7.80. The molecule has 3 nitrogen and oxygen atoms in total. The molecule has 0 aromatic carbocycles. The number of hydrogen-bond acceptors (Lipinski definition) is 2. The summed E-state index contributed by atoms with van der Waals surface area (Å²) in [4.78, 5) is 4.73. The van der Waals surface area contributed by atoms with Crippen LogP contribution in [0.2, 0.25) is 0 Å². The Morgan fingerprint density at radius 1 is 1.58 bits per heavy atom. The molecule has 2 N–H and O–H groups in total. The van der Waals surface area contributed by atoms with E-state index in [4.69, 9.17) is 18.0 Å². The number of aromatic nitrogens is 2. The minimum Gasteiger partial charge on any atom is -0.388 e. The van der Waals surface area contributed by atoms with E-state index < -0.39 is 0 Å². The van der Waals surface area contributed by atoms with Crippen LogP contribution in [-0.2, 0) is 13.0 Å². The van der Waals surface area contributed by atoms with Crippen LogP contribution in [0.3, 0.4) is 0 Å². The van der Waals surface area contributed by atoms with E-state index in [9.17, 15) is 0 Å². The molecule has 12 heavy (non-hydrogen) atoms. The molecular formula is C8H11N3S. The van der Waals surface area contributed by atoms with E-state index in [0.717, 1.165) is 24.5 Å². The van der Waals surface area contributed by atoms with E-state index in [-0.39, 0.29) is 0 Å². The Balaban J connectivity index is 2.44. The van der Waals surface area contributed by atoms with E-state index >= 15 is 0 Å². The molecule has 0 saturated carbocycles. The normalized spacial score (nSPS) is 15.7. The van der Waals surface area contributed by atoms with Gasteiger partial charge in [0.1, 0.15) is 10.8 Å². The van der Waals surface area contributed by atoms with Crippen molar-refractivity contribution in [3.05, 3.63) is 17.7 Å². The van der Waals surface area contributed by atoms with Crippen molar-refractivity contribution in [2.45, 2.75) is 25.8 Å². The molecule has 4 heteroatoms. The van der Waals surface area contributed by atoms with Crippen molar-refractivity contribution in [3.63, 3.8) is 0 Å². The lowest BCUT2D eigenvalue weighted by Crippen LogP contribution is -2.19. The van der Waals surface area contributed by atoms with Gasteiger partial charge in [0.2, 0.25) is 0 Å². The third-order valence-corrected chi connectivity index (χ3v) is 2.43. The quantitative estimate of drug-likeness (QED) is 0.653. The topological polar surface area (TPSA) is 43.8 Å². The molecule has 0 aliphatic carbocycles. The van der Waals surface area contributed by atoms with E-state index in [1.54, 1.807) is 6.20 Å². The van der Waals surface area contributed by atoms with Crippen LogP contribution in [0.5, 0.6) is 0 Å². The summed E-state index contributed by atoms with van der Waals surface area (Å²) in [5.41, 5.74) is 6.47. The summed E-state index contributed by atoms with van der Waals surface area (Å²) in [6, 6.07) is 0. The highest BCUT2D eigenvalue weighted by atomic mass is 32.1. The Morgan fingerprint density at radius 3 is 3.17 bits per heavy atom. The first-order chi connectivity index (χ1) is 5.79. The first-order valence-corrected chi connectivity index (χ1v) is 4.54. The Hall–Kier alpha value is -0.900. The zero-order valence-corrected chi connectivity index (χ0v) is 7.60. The van der Waals surface area contributed by atoms with Crippen molar-refractivity contribution >= 4 is 17.2 Å². The summed E-state index contributed by atoms with van der Waals surface area (Å²) >= 11 is 4.92. The molecule has 1 aliphatic heterocycles. The van der Waals surface area contributed by atoms with Crippen LogP contribution in [0.15, 0.2) is 6.20 Å². The summed E-state index contributed by atoms with van der Waals surface area (Å²) in [5, 5.41) is 0. The molecule has 2 rings (SSSR count). The van der Waals surface area contributed by atoms with Gasteiger partial charge in [-0.3, -0.25) is 0 Å². The highest BCUT2D eigenvalue weighted by Gasteiger charge is 2.14. The van der Waals surface area contributed by atoms with Crippen molar-refractivity contribution in [2.24, 2.45) is 5.73 Å². The number of imidazole rings is 1.